The molecule has 0 amide bonds. The Bertz CT molecular complexity index is 696. The van der Waals surface area contributed by atoms with E-state index in [-0.39, 0.29) is 0 Å². The minimum atomic E-state index is 0.808. The molecule has 3 rings (SSSR count). The van der Waals surface area contributed by atoms with Crippen molar-refractivity contribution in [3.63, 3.8) is 0 Å². The Morgan fingerprint density at radius 1 is 1.05 bits per heavy atom. The molecule has 0 saturated heterocycles. The molecule has 0 aliphatic carbocycles. The number of fused-ring (bicyclic) bond motifs is 1. The van der Waals surface area contributed by atoms with Crippen LogP contribution in [0.25, 0.3) is 11.0 Å². The Balaban J connectivity index is 1.78. The van der Waals surface area contributed by atoms with Crippen molar-refractivity contribution in [1.82, 2.24) is 9.97 Å². The van der Waals surface area contributed by atoms with E-state index in [4.69, 9.17) is 5.73 Å². The third-order valence-electron chi connectivity index (χ3n) is 3.39. The second-order valence-corrected chi connectivity index (χ2v) is 4.90. The summed E-state index contributed by atoms with van der Waals surface area (Å²) in [4.78, 5) is 8.05. The topological polar surface area (TPSA) is 54.7 Å². The summed E-state index contributed by atoms with van der Waals surface area (Å²) in [6.45, 7) is 2.09. The van der Waals surface area contributed by atoms with Crippen LogP contribution in [0, 0.1) is 6.92 Å². The van der Waals surface area contributed by atoms with Crippen molar-refractivity contribution >= 4 is 16.7 Å². The lowest BCUT2D eigenvalue weighted by Gasteiger charge is -1.99. The highest BCUT2D eigenvalue weighted by atomic mass is 14.9. The molecule has 0 aliphatic heterocycles. The number of hydrogen-bond donors (Lipinski definition) is 2. The third kappa shape index (κ3) is 2.45. The van der Waals surface area contributed by atoms with Crippen molar-refractivity contribution in [3.8, 4) is 0 Å². The zero-order valence-electron chi connectivity index (χ0n) is 11.0. The molecule has 0 bridgehead atoms. The number of benzene rings is 2. The third-order valence-corrected chi connectivity index (χ3v) is 3.39. The summed E-state index contributed by atoms with van der Waals surface area (Å²) < 4.78 is 0. The quantitative estimate of drug-likeness (QED) is 0.702. The summed E-state index contributed by atoms with van der Waals surface area (Å²) >= 11 is 0. The Morgan fingerprint density at radius 3 is 2.58 bits per heavy atom. The second kappa shape index (κ2) is 4.76. The van der Waals surface area contributed by atoms with Crippen molar-refractivity contribution in [2.75, 3.05) is 5.73 Å². The molecule has 3 aromatic rings. The minimum Gasteiger partial charge on any atom is -0.399 e. The van der Waals surface area contributed by atoms with E-state index >= 15 is 0 Å². The van der Waals surface area contributed by atoms with Crippen LogP contribution >= 0.6 is 0 Å². The number of nitrogens with zero attached hydrogens (tertiary/aromatic N) is 1. The van der Waals surface area contributed by atoms with Gasteiger partial charge in [0.2, 0.25) is 0 Å². The van der Waals surface area contributed by atoms with Crippen molar-refractivity contribution in [2.45, 2.75) is 19.8 Å². The van der Waals surface area contributed by atoms with Crippen molar-refractivity contribution in [2.24, 2.45) is 0 Å². The number of aromatic nitrogens is 2. The number of nitrogens with two attached hydrogens (primary N) is 1. The molecular formula is C16H17N3. The van der Waals surface area contributed by atoms with E-state index in [1.54, 1.807) is 0 Å². The fraction of sp³-hybridized carbons (Fsp3) is 0.188. The molecule has 0 unspecified atom stereocenters. The number of hydrogen-bond acceptors (Lipinski definition) is 2. The van der Waals surface area contributed by atoms with Crippen LogP contribution in [-0.4, -0.2) is 9.97 Å². The monoisotopic (exact) mass is 251 g/mol. The number of rotatable bonds is 3. The Morgan fingerprint density at radius 2 is 1.84 bits per heavy atom. The van der Waals surface area contributed by atoms with Crippen LogP contribution in [0.1, 0.15) is 17.0 Å². The van der Waals surface area contributed by atoms with Gasteiger partial charge in [-0.25, -0.2) is 4.98 Å². The van der Waals surface area contributed by atoms with Gasteiger partial charge in [-0.2, -0.15) is 0 Å². The van der Waals surface area contributed by atoms with Crippen LogP contribution in [0.4, 0.5) is 5.69 Å². The molecule has 3 heteroatoms. The zero-order valence-corrected chi connectivity index (χ0v) is 11.0. The van der Waals surface area contributed by atoms with Gasteiger partial charge in [0.15, 0.2) is 0 Å². The number of aryl methyl sites for hydroxylation is 3. The SMILES string of the molecule is Cc1cccc2[nH]c(CCc3ccc(N)cc3)nc12. The van der Waals surface area contributed by atoms with Gasteiger partial charge in [-0.1, -0.05) is 24.3 Å². The van der Waals surface area contributed by atoms with Crippen molar-refractivity contribution in [3.05, 3.63) is 59.4 Å². The van der Waals surface area contributed by atoms with Gasteiger partial charge in [-0.05, 0) is 42.7 Å². The van der Waals surface area contributed by atoms with E-state index in [1.807, 2.05) is 12.1 Å². The fourth-order valence-corrected chi connectivity index (χ4v) is 2.29. The lowest BCUT2D eigenvalue weighted by molar-refractivity contribution is 0.890. The smallest absolute Gasteiger partial charge is 0.107 e. The number of nitrogens with one attached hydrogen (secondary N) is 1. The minimum absolute atomic E-state index is 0.808. The van der Waals surface area contributed by atoms with Gasteiger partial charge in [-0.15, -0.1) is 0 Å². The zero-order chi connectivity index (χ0) is 13.2. The molecule has 3 nitrogen and oxygen atoms in total. The maximum absolute atomic E-state index is 5.68. The summed E-state index contributed by atoms with van der Waals surface area (Å²) in [5.41, 5.74) is 11.2. The summed E-state index contributed by atoms with van der Waals surface area (Å²) in [5.74, 6) is 1.04. The molecular weight excluding hydrogens is 234 g/mol. The van der Waals surface area contributed by atoms with Crippen LogP contribution < -0.4 is 5.73 Å². The molecule has 2 aromatic carbocycles. The summed E-state index contributed by atoms with van der Waals surface area (Å²) in [6.07, 6.45) is 1.89. The van der Waals surface area contributed by atoms with Crippen molar-refractivity contribution in [1.29, 1.82) is 0 Å². The lowest BCUT2D eigenvalue weighted by Crippen LogP contribution is -1.94. The Labute approximate surface area is 112 Å². The molecule has 0 saturated carbocycles. The highest BCUT2D eigenvalue weighted by Crippen LogP contribution is 2.16. The molecule has 0 aliphatic rings. The predicted molar refractivity (Wildman–Crippen MR) is 79.1 cm³/mol. The van der Waals surface area contributed by atoms with Gasteiger partial charge in [0.1, 0.15) is 5.82 Å². The Hall–Kier alpha value is -2.29. The Kier molecular flexibility index (Phi) is 2.95. The summed E-state index contributed by atoms with van der Waals surface area (Å²) in [7, 11) is 0. The van der Waals surface area contributed by atoms with Gasteiger partial charge in [0.25, 0.3) is 0 Å². The van der Waals surface area contributed by atoms with E-state index in [9.17, 15) is 0 Å². The maximum atomic E-state index is 5.68. The van der Waals surface area contributed by atoms with Crippen LogP contribution in [0.5, 0.6) is 0 Å². The molecule has 0 radical (unpaired) electrons. The molecule has 1 aromatic heterocycles. The van der Waals surface area contributed by atoms with Crippen LogP contribution in [0.2, 0.25) is 0 Å². The number of anilines is 1. The van der Waals surface area contributed by atoms with Crippen molar-refractivity contribution < 1.29 is 0 Å². The van der Waals surface area contributed by atoms with Gasteiger partial charge >= 0.3 is 0 Å². The average molecular weight is 251 g/mol. The average Bonchev–Trinajstić information content (AvgIpc) is 2.83. The largest absolute Gasteiger partial charge is 0.399 e. The number of aromatic amines is 1. The van der Waals surface area contributed by atoms with Gasteiger partial charge in [0.05, 0.1) is 11.0 Å². The van der Waals surface area contributed by atoms with E-state index in [0.717, 1.165) is 35.4 Å². The lowest BCUT2D eigenvalue weighted by atomic mass is 10.1. The first kappa shape index (κ1) is 11.8. The molecule has 96 valence electrons. The molecule has 1 heterocycles. The van der Waals surface area contributed by atoms with E-state index in [2.05, 4.69) is 47.2 Å². The first-order chi connectivity index (χ1) is 9.22. The van der Waals surface area contributed by atoms with Crippen LogP contribution in [0.15, 0.2) is 42.5 Å². The van der Waals surface area contributed by atoms with E-state index in [0.29, 0.717) is 0 Å². The second-order valence-electron chi connectivity index (χ2n) is 4.90. The van der Waals surface area contributed by atoms with Gasteiger partial charge in [0, 0.05) is 12.1 Å². The fourth-order valence-electron chi connectivity index (χ4n) is 2.29. The number of para-hydroxylation sites is 1. The molecule has 0 spiro atoms. The maximum Gasteiger partial charge on any atom is 0.107 e. The van der Waals surface area contributed by atoms with Gasteiger partial charge < -0.3 is 10.7 Å². The van der Waals surface area contributed by atoms with Gasteiger partial charge in [-0.3, -0.25) is 0 Å². The molecule has 3 N–H and O–H groups in total. The molecule has 0 fully saturated rings. The van der Waals surface area contributed by atoms with Crippen LogP contribution in [0.3, 0.4) is 0 Å². The molecule has 19 heavy (non-hydrogen) atoms. The molecule has 0 atom stereocenters. The normalized spacial score (nSPS) is 11.0. The standard InChI is InChI=1S/C16H17N3/c1-11-3-2-4-14-16(11)19-15(18-14)10-7-12-5-8-13(17)9-6-12/h2-6,8-9H,7,10,17H2,1H3,(H,18,19). The first-order valence-electron chi connectivity index (χ1n) is 6.51. The van der Waals surface area contributed by atoms with Crippen LogP contribution in [-0.2, 0) is 12.8 Å². The number of H-pyrrole nitrogens is 1. The highest BCUT2D eigenvalue weighted by molar-refractivity contribution is 5.78. The number of nitrogen functional groups attached to an aromatic ring is 1. The first-order valence-corrected chi connectivity index (χ1v) is 6.51. The summed E-state index contributed by atoms with van der Waals surface area (Å²) in [6, 6.07) is 14.2. The van der Waals surface area contributed by atoms with E-state index < -0.39 is 0 Å². The predicted octanol–water partition coefficient (Wildman–Crippen LogP) is 3.24. The highest BCUT2D eigenvalue weighted by Gasteiger charge is 2.04. The number of imidazole rings is 1. The van der Waals surface area contributed by atoms with E-state index in [1.165, 1.54) is 11.1 Å². The summed E-state index contributed by atoms with van der Waals surface area (Å²) in [5, 5.41) is 0.